The van der Waals surface area contributed by atoms with Gasteiger partial charge in [0.15, 0.2) is 0 Å². The fourth-order valence-corrected chi connectivity index (χ4v) is 1.99. The normalized spacial score (nSPS) is 11.2. The van der Waals surface area contributed by atoms with Crippen LogP contribution in [0.4, 0.5) is 10.1 Å². The molecule has 0 aromatic heterocycles. The van der Waals surface area contributed by atoms with Gasteiger partial charge in [-0.25, -0.2) is 4.39 Å². The van der Waals surface area contributed by atoms with E-state index in [9.17, 15) is 14.0 Å². The van der Waals surface area contributed by atoms with E-state index in [0.717, 1.165) is 17.8 Å². The van der Waals surface area contributed by atoms with Crippen LogP contribution in [0.5, 0.6) is 0 Å². The number of aliphatic carboxylic acids is 1. The van der Waals surface area contributed by atoms with Crippen LogP contribution in [0.25, 0.3) is 0 Å². The smallest absolute Gasteiger partial charge is 0.319 e. The SMILES string of the molecule is CC(C)(SCC(=O)Nc1ccc(F)cc1Cl)C(=O)O. The summed E-state index contributed by atoms with van der Waals surface area (Å²) in [6.45, 7) is 3.02. The Kier molecular flexibility index (Phi) is 5.20. The van der Waals surface area contributed by atoms with Gasteiger partial charge in [-0.2, -0.15) is 0 Å². The summed E-state index contributed by atoms with van der Waals surface area (Å²) in [5.41, 5.74) is 0.293. The molecule has 1 aromatic carbocycles. The number of thioether (sulfide) groups is 1. The van der Waals surface area contributed by atoms with E-state index in [1.165, 1.54) is 26.0 Å². The Bertz CT molecular complexity index is 508. The van der Waals surface area contributed by atoms with Gasteiger partial charge < -0.3 is 10.4 Å². The van der Waals surface area contributed by atoms with Crippen LogP contribution in [0.3, 0.4) is 0 Å². The fraction of sp³-hybridized carbons (Fsp3) is 0.333. The summed E-state index contributed by atoms with van der Waals surface area (Å²) in [6.07, 6.45) is 0. The number of rotatable bonds is 5. The topological polar surface area (TPSA) is 66.4 Å². The Morgan fingerprint density at radius 3 is 2.63 bits per heavy atom. The Labute approximate surface area is 119 Å². The van der Waals surface area contributed by atoms with Crippen molar-refractivity contribution in [3.8, 4) is 0 Å². The average molecular weight is 306 g/mol. The van der Waals surface area contributed by atoms with Gasteiger partial charge in [0.2, 0.25) is 5.91 Å². The van der Waals surface area contributed by atoms with Crippen molar-refractivity contribution < 1.29 is 19.1 Å². The van der Waals surface area contributed by atoms with Crippen LogP contribution in [0, 0.1) is 5.82 Å². The minimum atomic E-state index is -1.05. The lowest BCUT2D eigenvalue weighted by Gasteiger charge is -2.18. The highest BCUT2D eigenvalue weighted by atomic mass is 35.5. The molecule has 0 saturated carbocycles. The van der Waals surface area contributed by atoms with Gasteiger partial charge in [-0.3, -0.25) is 9.59 Å². The fourth-order valence-electron chi connectivity index (χ4n) is 1.08. The number of hydrogen-bond acceptors (Lipinski definition) is 3. The lowest BCUT2D eigenvalue weighted by molar-refractivity contribution is -0.138. The van der Waals surface area contributed by atoms with Gasteiger partial charge in [0.05, 0.1) is 16.5 Å². The van der Waals surface area contributed by atoms with Gasteiger partial charge in [-0.1, -0.05) is 11.6 Å². The Morgan fingerprint density at radius 1 is 1.47 bits per heavy atom. The second-order valence-corrected chi connectivity index (χ2v) is 6.28. The Balaban J connectivity index is 2.59. The van der Waals surface area contributed by atoms with E-state index in [1.54, 1.807) is 0 Å². The molecule has 0 radical (unpaired) electrons. The molecule has 1 aromatic rings. The molecule has 7 heteroatoms. The van der Waals surface area contributed by atoms with Crippen molar-refractivity contribution in [3.05, 3.63) is 29.0 Å². The Morgan fingerprint density at radius 2 is 2.11 bits per heavy atom. The second-order valence-electron chi connectivity index (χ2n) is 4.28. The quantitative estimate of drug-likeness (QED) is 0.877. The zero-order chi connectivity index (χ0) is 14.6. The van der Waals surface area contributed by atoms with Crippen molar-refractivity contribution >= 4 is 40.9 Å². The van der Waals surface area contributed by atoms with Gasteiger partial charge in [0, 0.05) is 0 Å². The predicted octanol–water partition coefficient (Wildman–Crippen LogP) is 3.01. The molecule has 104 valence electrons. The molecule has 0 aliphatic heterocycles. The third-order valence-corrected chi connectivity index (χ3v) is 3.90. The van der Waals surface area contributed by atoms with Crippen molar-refractivity contribution in [3.63, 3.8) is 0 Å². The van der Waals surface area contributed by atoms with Crippen LogP contribution in [0.2, 0.25) is 5.02 Å². The van der Waals surface area contributed by atoms with Crippen molar-refractivity contribution in [2.75, 3.05) is 11.1 Å². The first-order chi connectivity index (χ1) is 8.72. The maximum absolute atomic E-state index is 12.8. The minimum absolute atomic E-state index is 0.0347. The molecule has 0 bridgehead atoms. The molecule has 2 N–H and O–H groups in total. The number of benzene rings is 1. The van der Waals surface area contributed by atoms with Crippen molar-refractivity contribution in [2.45, 2.75) is 18.6 Å². The summed E-state index contributed by atoms with van der Waals surface area (Å²) in [6, 6.07) is 3.61. The van der Waals surface area contributed by atoms with Crippen LogP contribution in [-0.2, 0) is 9.59 Å². The highest BCUT2D eigenvalue weighted by Crippen LogP contribution is 2.26. The lowest BCUT2D eigenvalue weighted by atomic mass is 10.2. The van der Waals surface area contributed by atoms with E-state index in [0.29, 0.717) is 5.69 Å². The number of nitrogens with one attached hydrogen (secondary N) is 1. The van der Waals surface area contributed by atoms with Gasteiger partial charge in [0.1, 0.15) is 10.6 Å². The number of halogens is 2. The van der Waals surface area contributed by atoms with Gasteiger partial charge >= 0.3 is 5.97 Å². The monoisotopic (exact) mass is 305 g/mol. The molecule has 0 fully saturated rings. The van der Waals surface area contributed by atoms with E-state index in [1.807, 2.05) is 0 Å². The number of carboxylic acid groups (broad SMARTS) is 1. The third kappa shape index (κ3) is 4.72. The summed E-state index contributed by atoms with van der Waals surface area (Å²) in [4.78, 5) is 22.5. The van der Waals surface area contributed by atoms with Crippen molar-refractivity contribution in [1.82, 2.24) is 0 Å². The number of carboxylic acids is 1. The first-order valence-electron chi connectivity index (χ1n) is 5.34. The average Bonchev–Trinajstić information content (AvgIpc) is 2.30. The largest absolute Gasteiger partial charge is 0.480 e. The van der Waals surface area contributed by atoms with E-state index >= 15 is 0 Å². The number of carbonyl (C=O) groups is 2. The molecular weight excluding hydrogens is 293 g/mol. The van der Waals surface area contributed by atoms with Crippen LogP contribution in [0.1, 0.15) is 13.8 Å². The molecule has 1 amide bonds. The summed E-state index contributed by atoms with van der Waals surface area (Å²) in [7, 11) is 0. The lowest BCUT2D eigenvalue weighted by Crippen LogP contribution is -2.29. The first-order valence-corrected chi connectivity index (χ1v) is 6.71. The molecule has 0 atom stereocenters. The van der Waals surface area contributed by atoms with E-state index in [4.69, 9.17) is 16.7 Å². The molecule has 0 spiro atoms. The predicted molar refractivity (Wildman–Crippen MR) is 74.2 cm³/mol. The molecule has 0 saturated heterocycles. The molecule has 4 nitrogen and oxygen atoms in total. The third-order valence-electron chi connectivity index (χ3n) is 2.28. The van der Waals surface area contributed by atoms with Crippen LogP contribution in [-0.4, -0.2) is 27.5 Å². The van der Waals surface area contributed by atoms with Gasteiger partial charge in [-0.15, -0.1) is 11.8 Å². The standard InChI is InChI=1S/C12H13ClFNO3S/c1-12(2,11(17)18)19-6-10(16)15-9-4-3-7(14)5-8(9)13/h3-5H,6H2,1-2H3,(H,15,16)(H,17,18). The Hall–Kier alpha value is -1.27. The molecule has 0 heterocycles. The summed E-state index contributed by atoms with van der Waals surface area (Å²) < 4.78 is 11.8. The molecule has 0 aliphatic rings. The molecule has 0 aliphatic carbocycles. The van der Waals surface area contributed by atoms with E-state index in [2.05, 4.69) is 5.32 Å². The zero-order valence-corrected chi connectivity index (χ0v) is 11.9. The molecular formula is C12H13ClFNO3S. The molecule has 0 unspecified atom stereocenters. The number of hydrogen-bond donors (Lipinski definition) is 2. The van der Waals surface area contributed by atoms with Crippen LogP contribution < -0.4 is 5.32 Å². The van der Waals surface area contributed by atoms with E-state index < -0.39 is 22.4 Å². The number of amides is 1. The minimum Gasteiger partial charge on any atom is -0.480 e. The van der Waals surface area contributed by atoms with Crippen LogP contribution in [0.15, 0.2) is 18.2 Å². The maximum Gasteiger partial charge on any atom is 0.319 e. The van der Waals surface area contributed by atoms with Crippen LogP contribution >= 0.6 is 23.4 Å². The van der Waals surface area contributed by atoms with Crippen molar-refractivity contribution in [2.24, 2.45) is 0 Å². The maximum atomic E-state index is 12.8. The zero-order valence-electron chi connectivity index (χ0n) is 10.4. The summed E-state index contributed by atoms with van der Waals surface area (Å²) in [5.74, 6) is -1.92. The first kappa shape index (κ1) is 15.8. The highest BCUT2D eigenvalue weighted by molar-refractivity contribution is 8.02. The molecule has 19 heavy (non-hydrogen) atoms. The number of carbonyl (C=O) groups excluding carboxylic acids is 1. The van der Waals surface area contributed by atoms with E-state index in [-0.39, 0.29) is 10.8 Å². The number of anilines is 1. The summed E-state index contributed by atoms with van der Waals surface area (Å²) >= 11 is 6.75. The van der Waals surface area contributed by atoms with Gasteiger partial charge in [-0.05, 0) is 32.0 Å². The summed E-state index contributed by atoms with van der Waals surface area (Å²) in [5, 5.41) is 11.5. The molecule has 1 rings (SSSR count). The second kappa shape index (κ2) is 6.25. The van der Waals surface area contributed by atoms with Gasteiger partial charge in [0.25, 0.3) is 0 Å². The van der Waals surface area contributed by atoms with Crippen molar-refractivity contribution in [1.29, 1.82) is 0 Å². The highest BCUT2D eigenvalue weighted by Gasteiger charge is 2.28.